The molecule has 1 unspecified atom stereocenters. The van der Waals surface area contributed by atoms with Crippen LogP contribution in [0.15, 0.2) is 29.4 Å². The summed E-state index contributed by atoms with van der Waals surface area (Å²) >= 11 is 0. The Balaban J connectivity index is 2.51. The van der Waals surface area contributed by atoms with E-state index in [1.807, 2.05) is 31.2 Å². The smallest absolute Gasteiger partial charge is 0.237 e. The number of anilines is 1. The van der Waals surface area contributed by atoms with Crippen LogP contribution in [-0.4, -0.2) is 24.4 Å². The minimum atomic E-state index is -0.614. The standard InChI is InChI=1S/C12H14N2O2/c1-12(7-8-13-16)9-5-3-4-6-10(9)14(2)11(12)15/h3-6,8,16H,7H2,1-2H3/b13-8+. The second kappa shape index (κ2) is 3.63. The fraction of sp³-hybridized carbons (Fsp3) is 0.333. The maximum absolute atomic E-state index is 12.2. The van der Waals surface area contributed by atoms with Crippen molar-refractivity contribution in [1.82, 2.24) is 0 Å². The lowest BCUT2D eigenvalue weighted by molar-refractivity contribution is -0.122. The number of nitrogens with zero attached hydrogens (tertiary/aromatic N) is 2. The predicted octanol–water partition coefficient (Wildman–Crippen LogP) is 1.77. The van der Waals surface area contributed by atoms with Gasteiger partial charge in [-0.3, -0.25) is 4.79 Å². The van der Waals surface area contributed by atoms with E-state index in [0.29, 0.717) is 6.42 Å². The van der Waals surface area contributed by atoms with Gasteiger partial charge in [-0.2, -0.15) is 0 Å². The van der Waals surface area contributed by atoms with Crippen molar-refractivity contribution in [2.75, 3.05) is 11.9 Å². The Bertz CT molecular complexity index is 456. The van der Waals surface area contributed by atoms with E-state index in [0.717, 1.165) is 11.3 Å². The molecule has 0 aromatic heterocycles. The molecule has 4 heteroatoms. The average molecular weight is 218 g/mol. The molecule has 0 bridgehead atoms. The Labute approximate surface area is 94.2 Å². The average Bonchev–Trinajstić information content (AvgIpc) is 2.51. The molecule has 0 saturated heterocycles. The van der Waals surface area contributed by atoms with Crippen molar-refractivity contribution in [3.63, 3.8) is 0 Å². The number of carbonyl (C=O) groups is 1. The molecule has 1 heterocycles. The summed E-state index contributed by atoms with van der Waals surface area (Å²) in [4.78, 5) is 13.8. The van der Waals surface area contributed by atoms with Crippen LogP contribution in [0, 0.1) is 0 Å². The molecule has 0 fully saturated rings. The van der Waals surface area contributed by atoms with Crippen molar-refractivity contribution in [3.05, 3.63) is 29.8 Å². The van der Waals surface area contributed by atoms with Crippen LogP contribution in [0.4, 0.5) is 5.69 Å². The van der Waals surface area contributed by atoms with E-state index < -0.39 is 5.41 Å². The fourth-order valence-electron chi connectivity index (χ4n) is 2.25. The van der Waals surface area contributed by atoms with Crippen LogP contribution in [-0.2, 0) is 10.2 Å². The summed E-state index contributed by atoms with van der Waals surface area (Å²) in [6.07, 6.45) is 1.78. The van der Waals surface area contributed by atoms with Crippen LogP contribution < -0.4 is 4.90 Å². The van der Waals surface area contributed by atoms with Gasteiger partial charge in [0.15, 0.2) is 0 Å². The lowest BCUT2D eigenvalue weighted by Crippen LogP contribution is -2.36. The zero-order valence-corrected chi connectivity index (χ0v) is 9.34. The Kier molecular flexibility index (Phi) is 2.42. The van der Waals surface area contributed by atoms with E-state index >= 15 is 0 Å². The largest absolute Gasteiger partial charge is 0.411 e. The van der Waals surface area contributed by atoms with Gasteiger partial charge >= 0.3 is 0 Å². The van der Waals surface area contributed by atoms with E-state index in [4.69, 9.17) is 5.21 Å². The normalized spacial score (nSPS) is 24.1. The van der Waals surface area contributed by atoms with Crippen LogP contribution in [0.3, 0.4) is 0 Å². The third kappa shape index (κ3) is 1.30. The summed E-state index contributed by atoms with van der Waals surface area (Å²) in [5.74, 6) is 0.0357. The van der Waals surface area contributed by atoms with Gasteiger partial charge in [0.1, 0.15) is 0 Å². The Morgan fingerprint density at radius 2 is 2.19 bits per heavy atom. The van der Waals surface area contributed by atoms with E-state index in [1.165, 1.54) is 6.21 Å². The van der Waals surface area contributed by atoms with Crippen molar-refractivity contribution < 1.29 is 10.0 Å². The molecule has 1 aromatic rings. The molecule has 1 amide bonds. The van der Waals surface area contributed by atoms with Crippen LogP contribution in [0.25, 0.3) is 0 Å². The quantitative estimate of drug-likeness (QED) is 0.467. The van der Waals surface area contributed by atoms with Crippen molar-refractivity contribution >= 4 is 17.8 Å². The van der Waals surface area contributed by atoms with Crippen LogP contribution in [0.2, 0.25) is 0 Å². The highest BCUT2D eigenvalue weighted by atomic mass is 16.4. The fourth-order valence-corrected chi connectivity index (χ4v) is 2.25. The predicted molar refractivity (Wildman–Crippen MR) is 62.1 cm³/mol. The zero-order chi connectivity index (χ0) is 11.8. The molecule has 1 aromatic carbocycles. The van der Waals surface area contributed by atoms with Gasteiger partial charge in [-0.25, -0.2) is 0 Å². The molecular formula is C12H14N2O2. The number of amides is 1. The summed E-state index contributed by atoms with van der Waals surface area (Å²) in [7, 11) is 1.77. The molecule has 1 aliphatic rings. The third-order valence-electron chi connectivity index (χ3n) is 3.22. The van der Waals surface area contributed by atoms with Crippen molar-refractivity contribution in [3.8, 4) is 0 Å². The second-order valence-corrected chi connectivity index (χ2v) is 4.22. The van der Waals surface area contributed by atoms with Crippen molar-refractivity contribution in [1.29, 1.82) is 0 Å². The number of rotatable bonds is 2. The molecule has 16 heavy (non-hydrogen) atoms. The zero-order valence-electron chi connectivity index (χ0n) is 9.34. The third-order valence-corrected chi connectivity index (χ3v) is 3.22. The second-order valence-electron chi connectivity index (χ2n) is 4.22. The Morgan fingerprint density at radius 3 is 2.88 bits per heavy atom. The number of fused-ring (bicyclic) bond motifs is 1. The van der Waals surface area contributed by atoms with E-state index in [9.17, 15) is 4.79 Å². The highest BCUT2D eigenvalue weighted by Crippen LogP contribution is 2.42. The SMILES string of the molecule is CN1C(=O)C(C)(C/C=N/O)c2ccccc21. The van der Waals surface area contributed by atoms with Crippen LogP contribution in [0.1, 0.15) is 18.9 Å². The molecular weight excluding hydrogens is 204 g/mol. The molecule has 0 saturated carbocycles. The molecule has 1 atom stereocenters. The van der Waals surface area contributed by atoms with Gasteiger partial charge in [0.25, 0.3) is 0 Å². The van der Waals surface area contributed by atoms with Crippen molar-refractivity contribution in [2.45, 2.75) is 18.8 Å². The summed E-state index contributed by atoms with van der Waals surface area (Å²) < 4.78 is 0. The first kappa shape index (κ1) is 10.7. The topological polar surface area (TPSA) is 52.9 Å². The van der Waals surface area contributed by atoms with Gasteiger partial charge in [-0.05, 0) is 18.6 Å². The Hall–Kier alpha value is -1.84. The maximum Gasteiger partial charge on any atom is 0.237 e. The van der Waals surface area contributed by atoms with E-state index in [-0.39, 0.29) is 5.91 Å². The summed E-state index contributed by atoms with van der Waals surface area (Å²) in [6, 6.07) is 7.70. The number of oxime groups is 1. The van der Waals surface area contributed by atoms with Gasteiger partial charge in [0.2, 0.25) is 5.91 Å². The number of benzene rings is 1. The molecule has 1 aliphatic heterocycles. The molecule has 4 nitrogen and oxygen atoms in total. The number of hydrogen-bond acceptors (Lipinski definition) is 3. The van der Waals surface area contributed by atoms with Crippen LogP contribution >= 0.6 is 0 Å². The van der Waals surface area contributed by atoms with Gasteiger partial charge in [0, 0.05) is 25.4 Å². The summed E-state index contributed by atoms with van der Waals surface area (Å²) in [5, 5.41) is 11.5. The molecule has 2 rings (SSSR count). The monoisotopic (exact) mass is 218 g/mol. The lowest BCUT2D eigenvalue weighted by atomic mass is 9.81. The first-order chi connectivity index (χ1) is 7.61. The molecule has 1 N–H and O–H groups in total. The summed E-state index contributed by atoms with van der Waals surface area (Å²) in [6.45, 7) is 1.87. The number of likely N-dealkylation sites (N-methyl/N-ethyl adjacent to an activating group) is 1. The molecule has 0 spiro atoms. The van der Waals surface area contributed by atoms with Gasteiger partial charge < -0.3 is 10.1 Å². The molecule has 84 valence electrons. The number of carbonyl (C=O) groups excluding carboxylic acids is 1. The van der Waals surface area contributed by atoms with Gasteiger partial charge in [-0.15, -0.1) is 5.16 Å². The molecule has 0 radical (unpaired) electrons. The van der Waals surface area contributed by atoms with Gasteiger partial charge in [-0.1, -0.05) is 18.2 Å². The first-order valence-corrected chi connectivity index (χ1v) is 5.15. The molecule has 0 aliphatic carbocycles. The number of hydrogen-bond donors (Lipinski definition) is 1. The van der Waals surface area contributed by atoms with E-state index in [1.54, 1.807) is 11.9 Å². The minimum absolute atomic E-state index is 0.0357. The highest BCUT2D eigenvalue weighted by molar-refractivity contribution is 6.08. The maximum atomic E-state index is 12.2. The number of para-hydroxylation sites is 1. The van der Waals surface area contributed by atoms with Crippen molar-refractivity contribution in [2.24, 2.45) is 5.16 Å². The lowest BCUT2D eigenvalue weighted by Gasteiger charge is -2.20. The Morgan fingerprint density at radius 1 is 1.50 bits per heavy atom. The van der Waals surface area contributed by atoms with E-state index in [2.05, 4.69) is 5.16 Å². The summed E-state index contributed by atoms with van der Waals surface area (Å²) in [5.41, 5.74) is 1.31. The van der Waals surface area contributed by atoms with Crippen LogP contribution in [0.5, 0.6) is 0 Å². The minimum Gasteiger partial charge on any atom is -0.411 e. The first-order valence-electron chi connectivity index (χ1n) is 5.15. The van der Waals surface area contributed by atoms with Gasteiger partial charge in [0.05, 0.1) is 5.41 Å². The highest BCUT2D eigenvalue weighted by Gasteiger charge is 2.44.